The van der Waals surface area contributed by atoms with Crippen molar-refractivity contribution >= 4 is 0 Å². The Morgan fingerprint density at radius 3 is 2.53 bits per heavy atom. The summed E-state index contributed by atoms with van der Waals surface area (Å²) in [5.74, 6) is 0. The second kappa shape index (κ2) is 9.16. The zero-order valence-corrected chi connectivity index (χ0v) is 10.8. The molecule has 1 N–H and O–H groups in total. The van der Waals surface area contributed by atoms with Crippen molar-refractivity contribution in [3.8, 4) is 0 Å². The first-order valence-electron chi connectivity index (χ1n) is 6.23. The molecule has 0 fully saturated rings. The Balaban J connectivity index is 1.88. The van der Waals surface area contributed by atoms with Crippen molar-refractivity contribution in [2.24, 2.45) is 0 Å². The van der Waals surface area contributed by atoms with E-state index < -0.39 is 0 Å². The van der Waals surface area contributed by atoms with E-state index >= 15 is 0 Å². The van der Waals surface area contributed by atoms with E-state index in [1.54, 1.807) is 0 Å². The summed E-state index contributed by atoms with van der Waals surface area (Å²) in [5, 5.41) is 3.34. The molecular formula is C14H23NO2. The summed E-state index contributed by atoms with van der Waals surface area (Å²) in [6, 6.07) is 10.4. The summed E-state index contributed by atoms with van der Waals surface area (Å²) in [6.45, 7) is 7.90. The lowest BCUT2D eigenvalue weighted by Crippen LogP contribution is -2.20. The molecule has 3 heteroatoms. The van der Waals surface area contributed by atoms with Crippen LogP contribution in [0.4, 0.5) is 0 Å². The maximum absolute atomic E-state index is 5.43. The molecule has 0 bridgehead atoms. The van der Waals surface area contributed by atoms with Crippen molar-refractivity contribution in [1.29, 1.82) is 0 Å². The van der Waals surface area contributed by atoms with Crippen molar-refractivity contribution in [3.63, 3.8) is 0 Å². The van der Waals surface area contributed by atoms with Crippen molar-refractivity contribution in [1.82, 2.24) is 5.32 Å². The summed E-state index contributed by atoms with van der Waals surface area (Å²) in [4.78, 5) is 0. The Morgan fingerprint density at radius 1 is 1.06 bits per heavy atom. The molecule has 0 saturated carbocycles. The largest absolute Gasteiger partial charge is 0.378 e. The first-order chi connectivity index (χ1) is 8.29. The molecule has 0 amide bonds. The fraction of sp³-hybridized carbons (Fsp3) is 0.571. The zero-order chi connectivity index (χ0) is 12.3. The number of hydrogen-bond donors (Lipinski definition) is 1. The monoisotopic (exact) mass is 237 g/mol. The molecular weight excluding hydrogens is 214 g/mol. The summed E-state index contributed by atoms with van der Waals surface area (Å²) in [5.41, 5.74) is 1.30. The van der Waals surface area contributed by atoms with Crippen LogP contribution in [0.25, 0.3) is 0 Å². The van der Waals surface area contributed by atoms with Crippen LogP contribution in [-0.2, 0) is 16.0 Å². The van der Waals surface area contributed by atoms with E-state index in [0.717, 1.165) is 19.7 Å². The molecule has 0 radical (unpaired) electrons. The molecule has 0 aliphatic heterocycles. The maximum Gasteiger partial charge on any atom is 0.0703 e. The summed E-state index contributed by atoms with van der Waals surface area (Å²) in [6.07, 6.45) is 0.287. The van der Waals surface area contributed by atoms with Crippen LogP contribution in [0.15, 0.2) is 30.3 Å². The molecule has 1 aromatic carbocycles. The molecule has 1 rings (SSSR count). The fourth-order valence-electron chi connectivity index (χ4n) is 1.42. The van der Waals surface area contributed by atoms with E-state index in [1.165, 1.54) is 5.56 Å². The first kappa shape index (κ1) is 14.2. The highest BCUT2D eigenvalue weighted by atomic mass is 16.5. The highest BCUT2D eigenvalue weighted by Crippen LogP contribution is 1.96. The quantitative estimate of drug-likeness (QED) is 0.668. The third-order valence-corrected chi connectivity index (χ3v) is 2.27. The third-order valence-electron chi connectivity index (χ3n) is 2.27. The fourth-order valence-corrected chi connectivity index (χ4v) is 1.42. The third kappa shape index (κ3) is 7.91. The Bertz CT molecular complexity index is 275. The van der Waals surface area contributed by atoms with Crippen LogP contribution < -0.4 is 5.32 Å². The lowest BCUT2D eigenvalue weighted by atomic mass is 10.2. The molecule has 0 aromatic heterocycles. The molecule has 0 atom stereocenters. The van der Waals surface area contributed by atoms with Gasteiger partial charge in [0, 0.05) is 13.1 Å². The van der Waals surface area contributed by atoms with E-state index in [-0.39, 0.29) is 6.10 Å². The van der Waals surface area contributed by atoms with Gasteiger partial charge in [0.1, 0.15) is 0 Å². The van der Waals surface area contributed by atoms with Crippen LogP contribution in [0.5, 0.6) is 0 Å². The molecule has 17 heavy (non-hydrogen) atoms. The maximum atomic E-state index is 5.43. The average Bonchev–Trinajstić information content (AvgIpc) is 2.33. The van der Waals surface area contributed by atoms with Gasteiger partial charge in [0.05, 0.1) is 25.9 Å². The molecule has 96 valence electrons. The van der Waals surface area contributed by atoms with Crippen molar-refractivity contribution in [2.75, 3.05) is 26.4 Å². The summed E-state index contributed by atoms with van der Waals surface area (Å²) < 4.78 is 10.8. The van der Waals surface area contributed by atoms with Gasteiger partial charge in [0.25, 0.3) is 0 Å². The Morgan fingerprint density at radius 2 is 1.82 bits per heavy atom. The Labute approximate surface area is 104 Å². The average molecular weight is 237 g/mol. The summed E-state index contributed by atoms with van der Waals surface area (Å²) in [7, 11) is 0. The van der Waals surface area contributed by atoms with Crippen LogP contribution in [0.2, 0.25) is 0 Å². The Hall–Kier alpha value is -0.900. The highest BCUT2D eigenvalue weighted by molar-refractivity contribution is 5.14. The SMILES string of the molecule is CC(C)OCCOCCNCc1ccccc1. The van der Waals surface area contributed by atoms with E-state index in [2.05, 4.69) is 29.6 Å². The van der Waals surface area contributed by atoms with Gasteiger partial charge in [-0.15, -0.1) is 0 Å². The van der Waals surface area contributed by atoms with Gasteiger partial charge >= 0.3 is 0 Å². The van der Waals surface area contributed by atoms with Gasteiger partial charge in [-0.3, -0.25) is 0 Å². The van der Waals surface area contributed by atoms with Crippen molar-refractivity contribution < 1.29 is 9.47 Å². The molecule has 1 aromatic rings. The van der Waals surface area contributed by atoms with E-state index in [1.807, 2.05) is 19.9 Å². The van der Waals surface area contributed by atoms with E-state index in [9.17, 15) is 0 Å². The molecule has 0 aliphatic rings. The molecule has 0 aliphatic carbocycles. The van der Waals surface area contributed by atoms with Gasteiger partial charge in [-0.2, -0.15) is 0 Å². The van der Waals surface area contributed by atoms with Crippen LogP contribution in [0, 0.1) is 0 Å². The van der Waals surface area contributed by atoms with Gasteiger partial charge in [-0.05, 0) is 19.4 Å². The highest BCUT2D eigenvalue weighted by Gasteiger charge is 1.94. The number of benzene rings is 1. The predicted molar refractivity (Wildman–Crippen MR) is 70.1 cm³/mol. The molecule has 3 nitrogen and oxygen atoms in total. The van der Waals surface area contributed by atoms with Crippen LogP contribution in [0.3, 0.4) is 0 Å². The normalized spacial score (nSPS) is 11.0. The van der Waals surface area contributed by atoms with Crippen LogP contribution in [-0.4, -0.2) is 32.5 Å². The Kier molecular flexibility index (Phi) is 7.63. The van der Waals surface area contributed by atoms with Crippen molar-refractivity contribution in [3.05, 3.63) is 35.9 Å². The van der Waals surface area contributed by atoms with Gasteiger partial charge < -0.3 is 14.8 Å². The molecule has 0 spiro atoms. The van der Waals surface area contributed by atoms with Crippen LogP contribution >= 0.6 is 0 Å². The van der Waals surface area contributed by atoms with Crippen LogP contribution in [0.1, 0.15) is 19.4 Å². The zero-order valence-electron chi connectivity index (χ0n) is 10.8. The van der Waals surface area contributed by atoms with Crippen molar-refractivity contribution in [2.45, 2.75) is 26.5 Å². The molecule has 0 heterocycles. The van der Waals surface area contributed by atoms with Gasteiger partial charge in [0.2, 0.25) is 0 Å². The molecule has 0 unspecified atom stereocenters. The number of ether oxygens (including phenoxy) is 2. The van der Waals surface area contributed by atoms with E-state index in [4.69, 9.17) is 9.47 Å². The number of nitrogens with one attached hydrogen (secondary N) is 1. The topological polar surface area (TPSA) is 30.5 Å². The lowest BCUT2D eigenvalue weighted by molar-refractivity contribution is 0.0204. The second-order valence-electron chi connectivity index (χ2n) is 4.19. The minimum Gasteiger partial charge on any atom is -0.378 e. The predicted octanol–water partition coefficient (Wildman–Crippen LogP) is 2.22. The first-order valence-corrected chi connectivity index (χ1v) is 6.23. The smallest absolute Gasteiger partial charge is 0.0703 e. The minimum atomic E-state index is 0.287. The standard InChI is InChI=1S/C14H23NO2/c1-13(2)17-11-10-16-9-8-15-12-14-6-4-3-5-7-14/h3-7,13,15H,8-12H2,1-2H3. The molecule has 0 saturated heterocycles. The van der Waals surface area contributed by atoms with E-state index in [0.29, 0.717) is 13.2 Å². The summed E-state index contributed by atoms with van der Waals surface area (Å²) >= 11 is 0. The van der Waals surface area contributed by atoms with Gasteiger partial charge in [-0.1, -0.05) is 30.3 Å². The second-order valence-corrected chi connectivity index (χ2v) is 4.19. The van der Waals surface area contributed by atoms with Gasteiger partial charge in [-0.25, -0.2) is 0 Å². The number of rotatable bonds is 9. The minimum absolute atomic E-state index is 0.287. The van der Waals surface area contributed by atoms with Gasteiger partial charge in [0.15, 0.2) is 0 Å². The lowest BCUT2D eigenvalue weighted by Gasteiger charge is -2.08. The number of hydrogen-bond acceptors (Lipinski definition) is 3.